The van der Waals surface area contributed by atoms with Crippen molar-refractivity contribution < 1.29 is 4.79 Å². The maximum absolute atomic E-state index is 12.6. The van der Waals surface area contributed by atoms with Crippen LogP contribution in [0.5, 0.6) is 0 Å². The van der Waals surface area contributed by atoms with Gasteiger partial charge in [0.25, 0.3) is 0 Å². The molecule has 1 aromatic rings. The highest BCUT2D eigenvalue weighted by Gasteiger charge is 2.35. The lowest BCUT2D eigenvalue weighted by molar-refractivity contribution is -0.137. The minimum absolute atomic E-state index is 0.0110. The SMILES string of the molecule is CC1CN(C(=O)C(C)(N)c2ccc(Br)cc2)CCN1. The number of hydrogen-bond donors (Lipinski definition) is 2. The molecule has 1 amide bonds. The van der Waals surface area contributed by atoms with E-state index in [-0.39, 0.29) is 5.91 Å². The Hall–Kier alpha value is -0.910. The summed E-state index contributed by atoms with van der Waals surface area (Å²) >= 11 is 3.39. The molecule has 1 heterocycles. The third kappa shape index (κ3) is 3.16. The molecule has 4 nitrogen and oxygen atoms in total. The molecule has 2 rings (SSSR count). The number of nitrogens with one attached hydrogen (secondary N) is 1. The van der Waals surface area contributed by atoms with E-state index >= 15 is 0 Å². The van der Waals surface area contributed by atoms with E-state index in [1.54, 1.807) is 6.92 Å². The van der Waals surface area contributed by atoms with Crippen molar-refractivity contribution in [3.63, 3.8) is 0 Å². The zero-order valence-electron chi connectivity index (χ0n) is 11.3. The molecule has 3 N–H and O–H groups in total. The van der Waals surface area contributed by atoms with Gasteiger partial charge in [-0.15, -0.1) is 0 Å². The van der Waals surface area contributed by atoms with Gasteiger partial charge in [-0.1, -0.05) is 28.1 Å². The zero-order chi connectivity index (χ0) is 14.0. The van der Waals surface area contributed by atoms with Gasteiger partial charge in [-0.3, -0.25) is 4.79 Å². The summed E-state index contributed by atoms with van der Waals surface area (Å²) in [6.45, 7) is 6.11. The fraction of sp³-hybridized carbons (Fsp3) is 0.500. The van der Waals surface area contributed by atoms with Gasteiger partial charge in [-0.2, -0.15) is 0 Å². The van der Waals surface area contributed by atoms with Crippen molar-refractivity contribution in [3.8, 4) is 0 Å². The normalized spacial score (nSPS) is 22.9. The van der Waals surface area contributed by atoms with Crippen molar-refractivity contribution in [2.45, 2.75) is 25.4 Å². The predicted octanol–water partition coefficient (Wildman–Crippen LogP) is 1.44. The van der Waals surface area contributed by atoms with Gasteiger partial charge in [0.15, 0.2) is 0 Å². The van der Waals surface area contributed by atoms with Crippen molar-refractivity contribution in [2.24, 2.45) is 5.73 Å². The number of halogens is 1. The van der Waals surface area contributed by atoms with Crippen molar-refractivity contribution >= 4 is 21.8 Å². The molecule has 0 radical (unpaired) electrons. The van der Waals surface area contributed by atoms with E-state index in [4.69, 9.17) is 5.73 Å². The first-order valence-corrected chi connectivity index (χ1v) is 7.28. The molecule has 1 fully saturated rings. The number of nitrogens with two attached hydrogens (primary N) is 1. The zero-order valence-corrected chi connectivity index (χ0v) is 12.9. The maximum Gasteiger partial charge on any atom is 0.247 e. The molecular weight excluding hydrogens is 306 g/mol. The van der Waals surface area contributed by atoms with Gasteiger partial charge < -0.3 is 16.0 Å². The summed E-state index contributed by atoms with van der Waals surface area (Å²) in [6, 6.07) is 7.93. The molecule has 1 saturated heterocycles. The van der Waals surface area contributed by atoms with E-state index in [0.717, 1.165) is 16.6 Å². The van der Waals surface area contributed by atoms with Crippen LogP contribution in [0.1, 0.15) is 19.4 Å². The van der Waals surface area contributed by atoms with Gasteiger partial charge in [-0.25, -0.2) is 0 Å². The molecule has 1 aromatic carbocycles. The smallest absolute Gasteiger partial charge is 0.247 e. The van der Waals surface area contributed by atoms with Crippen LogP contribution in [0, 0.1) is 0 Å². The topological polar surface area (TPSA) is 58.4 Å². The average Bonchev–Trinajstić information content (AvgIpc) is 2.38. The summed E-state index contributed by atoms with van der Waals surface area (Å²) in [6.07, 6.45) is 0. The number of piperazine rings is 1. The van der Waals surface area contributed by atoms with E-state index in [2.05, 4.69) is 28.2 Å². The van der Waals surface area contributed by atoms with Crippen LogP contribution in [0.25, 0.3) is 0 Å². The van der Waals surface area contributed by atoms with E-state index < -0.39 is 5.54 Å². The predicted molar refractivity (Wildman–Crippen MR) is 79.7 cm³/mol. The van der Waals surface area contributed by atoms with E-state index in [1.807, 2.05) is 29.2 Å². The van der Waals surface area contributed by atoms with Crippen LogP contribution in [0.3, 0.4) is 0 Å². The summed E-state index contributed by atoms with van der Waals surface area (Å²) in [5, 5.41) is 3.32. The Morgan fingerprint density at radius 2 is 2.11 bits per heavy atom. The van der Waals surface area contributed by atoms with Crippen molar-refractivity contribution in [1.82, 2.24) is 10.2 Å². The Morgan fingerprint density at radius 3 is 2.68 bits per heavy atom. The minimum atomic E-state index is -0.974. The molecule has 0 aliphatic carbocycles. The number of nitrogens with zero attached hydrogens (tertiary/aromatic N) is 1. The first-order chi connectivity index (χ1) is 8.91. The molecule has 104 valence electrons. The van der Waals surface area contributed by atoms with Gasteiger partial charge in [0.2, 0.25) is 5.91 Å². The van der Waals surface area contributed by atoms with Crippen LogP contribution in [-0.2, 0) is 10.3 Å². The summed E-state index contributed by atoms with van der Waals surface area (Å²) in [4.78, 5) is 14.5. The largest absolute Gasteiger partial charge is 0.338 e. The summed E-state index contributed by atoms with van der Waals surface area (Å²) in [5.74, 6) is -0.0110. The molecule has 1 aliphatic heterocycles. The summed E-state index contributed by atoms with van der Waals surface area (Å²) < 4.78 is 0.982. The van der Waals surface area contributed by atoms with Crippen LogP contribution in [0.2, 0.25) is 0 Å². The third-order valence-electron chi connectivity index (χ3n) is 3.54. The maximum atomic E-state index is 12.6. The lowest BCUT2D eigenvalue weighted by Gasteiger charge is -2.37. The fourth-order valence-corrected chi connectivity index (χ4v) is 2.63. The molecular formula is C14H20BrN3O. The first kappa shape index (κ1) is 14.5. The average molecular weight is 326 g/mol. The number of carbonyl (C=O) groups excluding carboxylic acids is 1. The Balaban J connectivity index is 2.18. The van der Waals surface area contributed by atoms with E-state index in [1.165, 1.54) is 0 Å². The minimum Gasteiger partial charge on any atom is -0.338 e. The van der Waals surface area contributed by atoms with Crippen LogP contribution < -0.4 is 11.1 Å². The van der Waals surface area contributed by atoms with Crippen LogP contribution in [0.15, 0.2) is 28.7 Å². The fourth-order valence-electron chi connectivity index (χ4n) is 2.36. The highest BCUT2D eigenvalue weighted by molar-refractivity contribution is 9.10. The van der Waals surface area contributed by atoms with Gasteiger partial charge in [0.05, 0.1) is 0 Å². The molecule has 0 bridgehead atoms. The van der Waals surface area contributed by atoms with Crippen LogP contribution in [-0.4, -0.2) is 36.5 Å². The number of hydrogen-bond acceptors (Lipinski definition) is 3. The molecule has 0 aromatic heterocycles. The molecule has 0 saturated carbocycles. The monoisotopic (exact) mass is 325 g/mol. The Kier molecular flexibility index (Phi) is 4.28. The number of amides is 1. The highest BCUT2D eigenvalue weighted by Crippen LogP contribution is 2.23. The Morgan fingerprint density at radius 1 is 1.47 bits per heavy atom. The molecule has 2 atom stereocenters. The number of carbonyl (C=O) groups is 1. The molecule has 19 heavy (non-hydrogen) atoms. The van der Waals surface area contributed by atoms with Crippen molar-refractivity contribution in [1.29, 1.82) is 0 Å². The molecule has 0 spiro atoms. The van der Waals surface area contributed by atoms with Crippen LogP contribution >= 0.6 is 15.9 Å². The lowest BCUT2D eigenvalue weighted by Crippen LogP contribution is -2.58. The summed E-state index contributed by atoms with van der Waals surface area (Å²) in [5.41, 5.74) is 6.15. The Labute approximate surface area is 122 Å². The first-order valence-electron chi connectivity index (χ1n) is 6.49. The van der Waals surface area contributed by atoms with Crippen LogP contribution in [0.4, 0.5) is 0 Å². The second-order valence-electron chi connectivity index (χ2n) is 5.32. The molecule has 5 heteroatoms. The van der Waals surface area contributed by atoms with Gasteiger partial charge in [0.1, 0.15) is 5.54 Å². The number of benzene rings is 1. The van der Waals surface area contributed by atoms with E-state index in [0.29, 0.717) is 19.1 Å². The number of rotatable bonds is 2. The van der Waals surface area contributed by atoms with Crippen molar-refractivity contribution in [3.05, 3.63) is 34.3 Å². The van der Waals surface area contributed by atoms with Crippen molar-refractivity contribution in [2.75, 3.05) is 19.6 Å². The Bertz CT molecular complexity index is 458. The second kappa shape index (κ2) is 5.61. The van der Waals surface area contributed by atoms with E-state index in [9.17, 15) is 4.79 Å². The molecule has 2 unspecified atom stereocenters. The van der Waals surface area contributed by atoms with Gasteiger partial charge in [-0.05, 0) is 31.5 Å². The third-order valence-corrected chi connectivity index (χ3v) is 4.07. The van der Waals surface area contributed by atoms with Gasteiger partial charge >= 0.3 is 0 Å². The second-order valence-corrected chi connectivity index (χ2v) is 6.23. The quantitative estimate of drug-likeness (QED) is 0.865. The standard InChI is InChI=1S/C14H20BrN3O/c1-10-9-18(8-7-17-10)13(19)14(2,16)11-3-5-12(15)6-4-11/h3-6,10,17H,7-9,16H2,1-2H3. The summed E-state index contributed by atoms with van der Waals surface area (Å²) in [7, 11) is 0. The highest BCUT2D eigenvalue weighted by atomic mass is 79.9. The lowest BCUT2D eigenvalue weighted by atomic mass is 9.91. The van der Waals surface area contributed by atoms with Gasteiger partial charge in [0, 0.05) is 30.1 Å². The molecule has 1 aliphatic rings.